The molecule has 0 aromatic carbocycles. The van der Waals surface area contributed by atoms with Gasteiger partial charge in [0.05, 0.1) is 37.3 Å². The summed E-state index contributed by atoms with van der Waals surface area (Å²) >= 11 is 0. The lowest BCUT2D eigenvalue weighted by molar-refractivity contribution is 0.0985. The number of aryl methyl sites for hydroxylation is 1. The Kier molecular flexibility index (Phi) is 6.77. The predicted octanol–water partition coefficient (Wildman–Crippen LogP) is 4.40. The third-order valence-electron chi connectivity index (χ3n) is 7.17. The molecule has 0 amide bonds. The highest BCUT2D eigenvalue weighted by Gasteiger charge is 2.25. The first-order valence-corrected chi connectivity index (χ1v) is 12.4. The first kappa shape index (κ1) is 24.4. The molecule has 2 aliphatic rings. The highest BCUT2D eigenvalue weighted by molar-refractivity contribution is 5.91. The maximum atomic E-state index is 5.69. The zero-order valence-corrected chi connectivity index (χ0v) is 20.5. The third kappa shape index (κ3) is 4.37. The van der Waals surface area contributed by atoms with E-state index in [2.05, 4.69) is 46.4 Å². The quantitative estimate of drug-likeness (QED) is 0.444. The van der Waals surface area contributed by atoms with Crippen molar-refractivity contribution in [3.63, 3.8) is 0 Å². The van der Waals surface area contributed by atoms with Crippen molar-refractivity contribution in [2.45, 2.75) is 47.2 Å². The topological polar surface area (TPSA) is 94.0 Å². The van der Waals surface area contributed by atoms with Crippen LogP contribution < -0.4 is 4.90 Å². The van der Waals surface area contributed by atoms with Crippen LogP contribution in [0, 0.1) is 19.8 Å². The lowest BCUT2D eigenvalue weighted by atomic mass is 10.1. The number of nitrogens with one attached hydrogen (secondary N) is 1. The van der Waals surface area contributed by atoms with Crippen LogP contribution in [0.25, 0.3) is 33.7 Å². The molecule has 2 atom stereocenters. The molecule has 9 nitrogen and oxygen atoms in total. The molecule has 4 aromatic rings. The Labute approximate surface area is 211 Å². The molecule has 4 aromatic heterocycles. The highest BCUT2D eigenvalue weighted by Crippen LogP contribution is 2.33. The molecule has 0 spiro atoms. The lowest BCUT2D eigenvalue weighted by Crippen LogP contribution is -2.44. The van der Waals surface area contributed by atoms with Crippen molar-refractivity contribution in [1.29, 1.82) is 0 Å². The van der Waals surface area contributed by atoms with E-state index in [-0.39, 0.29) is 13.5 Å². The van der Waals surface area contributed by atoms with Gasteiger partial charge >= 0.3 is 0 Å². The lowest BCUT2D eigenvalue weighted by Gasteiger charge is -2.34. The minimum Gasteiger partial charge on any atom is -0.381 e. The standard InChI is InChI=1S/C26H31N7O2.CH4/c1-16-14-35-11-9-32(16)23-12-22(24-17(2)31-33(18(24)3)13-19-6-10-34-15-19)29-26(30-23)21-5-8-28-25-20(21)4-7-27-25;/h4-5,7-8,12,16,19H,6,9-11,13-15H2,1-3H3,(H,27,28);1H4/t16-,19?;/m1./s1. The van der Waals surface area contributed by atoms with E-state index in [0.29, 0.717) is 25.0 Å². The van der Waals surface area contributed by atoms with Crippen molar-refractivity contribution >= 4 is 16.9 Å². The number of aromatic nitrogens is 6. The van der Waals surface area contributed by atoms with Crippen LogP contribution in [0.2, 0.25) is 0 Å². The average molecular weight is 490 g/mol. The maximum absolute atomic E-state index is 5.69. The van der Waals surface area contributed by atoms with Gasteiger partial charge in [-0.15, -0.1) is 0 Å². The summed E-state index contributed by atoms with van der Waals surface area (Å²) in [4.78, 5) is 20.1. The maximum Gasteiger partial charge on any atom is 0.162 e. The van der Waals surface area contributed by atoms with E-state index in [0.717, 1.165) is 77.8 Å². The molecule has 9 heteroatoms. The summed E-state index contributed by atoms with van der Waals surface area (Å²) in [5.41, 5.74) is 5.88. The van der Waals surface area contributed by atoms with Gasteiger partial charge in [0.2, 0.25) is 0 Å². The van der Waals surface area contributed by atoms with Gasteiger partial charge in [0.1, 0.15) is 11.5 Å². The SMILES string of the molecule is C.Cc1nn(CC2CCOC2)c(C)c1-c1cc(N2CCOC[C@H]2C)nc(-c2ccnc3[nH]ccc23)n1. The molecule has 1 N–H and O–H groups in total. The second kappa shape index (κ2) is 9.99. The van der Waals surface area contributed by atoms with Crippen molar-refractivity contribution in [3.8, 4) is 22.6 Å². The summed E-state index contributed by atoms with van der Waals surface area (Å²) in [5, 5.41) is 5.91. The van der Waals surface area contributed by atoms with Crippen molar-refractivity contribution < 1.29 is 9.47 Å². The van der Waals surface area contributed by atoms with Crippen LogP contribution in [0.15, 0.2) is 30.6 Å². The number of morpholine rings is 1. The van der Waals surface area contributed by atoms with E-state index in [1.165, 1.54) is 0 Å². The first-order valence-electron chi connectivity index (χ1n) is 12.4. The number of aromatic amines is 1. The average Bonchev–Trinajstić information content (AvgIpc) is 3.60. The molecule has 0 bridgehead atoms. The van der Waals surface area contributed by atoms with E-state index in [1.807, 2.05) is 18.3 Å². The van der Waals surface area contributed by atoms with Gasteiger partial charge in [-0.05, 0) is 39.3 Å². The molecule has 36 heavy (non-hydrogen) atoms. The monoisotopic (exact) mass is 489 g/mol. The van der Waals surface area contributed by atoms with Gasteiger partial charge < -0.3 is 19.4 Å². The Hall–Kier alpha value is -3.30. The Morgan fingerprint density at radius 1 is 1.11 bits per heavy atom. The van der Waals surface area contributed by atoms with Crippen LogP contribution in [0.5, 0.6) is 0 Å². The van der Waals surface area contributed by atoms with E-state index in [1.54, 1.807) is 6.20 Å². The first-order chi connectivity index (χ1) is 17.1. The van der Waals surface area contributed by atoms with Crippen LogP contribution in [0.3, 0.4) is 0 Å². The second-order valence-electron chi connectivity index (χ2n) is 9.61. The van der Waals surface area contributed by atoms with Crippen LogP contribution in [-0.2, 0) is 16.0 Å². The van der Waals surface area contributed by atoms with E-state index in [4.69, 9.17) is 24.5 Å². The van der Waals surface area contributed by atoms with Gasteiger partial charge in [-0.25, -0.2) is 15.0 Å². The smallest absolute Gasteiger partial charge is 0.162 e. The fourth-order valence-corrected chi connectivity index (χ4v) is 5.27. The minimum absolute atomic E-state index is 0. The molecule has 6 rings (SSSR count). The Morgan fingerprint density at radius 3 is 2.78 bits per heavy atom. The summed E-state index contributed by atoms with van der Waals surface area (Å²) in [6.07, 6.45) is 4.79. The fraction of sp³-hybridized carbons (Fsp3) is 0.481. The zero-order valence-electron chi connectivity index (χ0n) is 20.5. The van der Waals surface area contributed by atoms with Crippen molar-refractivity contribution in [3.05, 3.63) is 42.0 Å². The molecule has 2 fully saturated rings. The Balaban J connectivity index is 0.00000267. The summed E-state index contributed by atoms with van der Waals surface area (Å²) in [7, 11) is 0. The predicted molar refractivity (Wildman–Crippen MR) is 141 cm³/mol. The fourth-order valence-electron chi connectivity index (χ4n) is 5.27. The largest absolute Gasteiger partial charge is 0.381 e. The molecule has 0 saturated carbocycles. The van der Waals surface area contributed by atoms with Gasteiger partial charge in [-0.2, -0.15) is 5.10 Å². The molecule has 0 radical (unpaired) electrons. The molecular weight excluding hydrogens is 454 g/mol. The number of hydrogen-bond donors (Lipinski definition) is 1. The van der Waals surface area contributed by atoms with Gasteiger partial charge in [0.15, 0.2) is 5.82 Å². The summed E-state index contributed by atoms with van der Waals surface area (Å²) in [5.74, 6) is 2.11. The second-order valence-corrected chi connectivity index (χ2v) is 9.61. The van der Waals surface area contributed by atoms with Crippen LogP contribution >= 0.6 is 0 Å². The van der Waals surface area contributed by atoms with Crippen molar-refractivity contribution in [2.24, 2.45) is 5.92 Å². The van der Waals surface area contributed by atoms with Gasteiger partial charge in [0.25, 0.3) is 0 Å². The van der Waals surface area contributed by atoms with Gasteiger partial charge in [-0.1, -0.05) is 7.43 Å². The Bertz CT molecular complexity index is 1360. The molecular formula is C27H35N7O2. The molecule has 0 aliphatic carbocycles. The number of rotatable bonds is 5. The zero-order chi connectivity index (χ0) is 23.9. The minimum atomic E-state index is 0. The highest BCUT2D eigenvalue weighted by atomic mass is 16.5. The molecule has 2 aliphatic heterocycles. The number of hydrogen-bond acceptors (Lipinski definition) is 7. The van der Waals surface area contributed by atoms with Gasteiger partial charge in [0, 0.05) is 66.3 Å². The number of anilines is 1. The number of pyridine rings is 1. The summed E-state index contributed by atoms with van der Waals surface area (Å²) in [6.45, 7) is 11.1. The van der Waals surface area contributed by atoms with Crippen molar-refractivity contribution in [2.75, 3.05) is 37.9 Å². The van der Waals surface area contributed by atoms with E-state index in [9.17, 15) is 0 Å². The summed E-state index contributed by atoms with van der Waals surface area (Å²) in [6, 6.07) is 6.37. The van der Waals surface area contributed by atoms with E-state index < -0.39 is 0 Å². The van der Waals surface area contributed by atoms with Crippen LogP contribution in [-0.4, -0.2) is 68.7 Å². The molecule has 1 unspecified atom stereocenters. The Morgan fingerprint density at radius 2 is 1.97 bits per heavy atom. The van der Waals surface area contributed by atoms with Crippen LogP contribution in [0.4, 0.5) is 5.82 Å². The molecule has 6 heterocycles. The number of H-pyrrole nitrogens is 1. The van der Waals surface area contributed by atoms with E-state index >= 15 is 0 Å². The number of fused-ring (bicyclic) bond motifs is 1. The number of ether oxygens (including phenoxy) is 2. The normalized spacial score (nSPS) is 20.1. The third-order valence-corrected chi connectivity index (χ3v) is 7.17. The van der Waals surface area contributed by atoms with Crippen molar-refractivity contribution in [1.82, 2.24) is 29.7 Å². The number of nitrogens with zero attached hydrogens (tertiary/aromatic N) is 6. The molecule has 2 saturated heterocycles. The molecule has 190 valence electrons. The van der Waals surface area contributed by atoms with Crippen LogP contribution in [0.1, 0.15) is 32.2 Å². The van der Waals surface area contributed by atoms with Gasteiger partial charge in [-0.3, -0.25) is 4.68 Å². The summed E-state index contributed by atoms with van der Waals surface area (Å²) < 4.78 is 13.4.